The monoisotopic (exact) mass is 295 g/mol. The Morgan fingerprint density at radius 2 is 1.65 bits per heavy atom. The van der Waals surface area contributed by atoms with Gasteiger partial charge in [-0.15, -0.1) is 0 Å². The van der Waals surface area contributed by atoms with Crippen molar-refractivity contribution in [2.45, 2.75) is 40.7 Å². The normalized spacial score (nSPS) is 13.2. The third kappa shape index (κ3) is 5.26. The summed E-state index contributed by atoms with van der Waals surface area (Å²) in [6, 6.07) is 7.11. The largest absolute Gasteiger partial charge is 0.293 e. The second-order valence-electron chi connectivity index (χ2n) is 6.29. The molecule has 3 heteroatoms. The zero-order valence-corrected chi connectivity index (χ0v) is 13.9. The molecule has 0 aliphatic carbocycles. The number of ketones is 1. The van der Waals surface area contributed by atoms with Gasteiger partial charge in [0, 0.05) is 23.7 Å². The topological polar surface area (TPSA) is 20.3 Å². The highest BCUT2D eigenvalue weighted by atomic mass is 35.5. The molecular formula is C17H26ClNO. The summed E-state index contributed by atoms with van der Waals surface area (Å²) in [7, 11) is 0. The van der Waals surface area contributed by atoms with Gasteiger partial charge in [-0.05, 0) is 30.9 Å². The van der Waals surface area contributed by atoms with Crippen LogP contribution in [0.1, 0.15) is 45.0 Å². The standard InChI is InChI=1S/C17H26ClNO/c1-12(2)10-19(11-13(3)4)14(5)17(20)15-7-6-8-16(18)9-15/h6-9,12-14H,10-11H2,1-5H3. The number of hydrogen-bond acceptors (Lipinski definition) is 2. The first-order valence-electron chi connectivity index (χ1n) is 7.35. The van der Waals surface area contributed by atoms with Crippen molar-refractivity contribution in [2.75, 3.05) is 13.1 Å². The van der Waals surface area contributed by atoms with E-state index in [0.29, 0.717) is 22.4 Å². The van der Waals surface area contributed by atoms with Crippen molar-refractivity contribution in [3.8, 4) is 0 Å². The van der Waals surface area contributed by atoms with Crippen molar-refractivity contribution in [3.05, 3.63) is 34.9 Å². The van der Waals surface area contributed by atoms with Crippen LogP contribution in [0.25, 0.3) is 0 Å². The lowest BCUT2D eigenvalue weighted by Crippen LogP contribution is -2.43. The van der Waals surface area contributed by atoms with Crippen molar-refractivity contribution in [1.29, 1.82) is 0 Å². The third-order valence-corrected chi connectivity index (χ3v) is 3.47. The molecule has 0 bridgehead atoms. The number of halogens is 1. The smallest absolute Gasteiger partial charge is 0.179 e. The van der Waals surface area contributed by atoms with E-state index in [2.05, 4.69) is 32.6 Å². The van der Waals surface area contributed by atoms with E-state index in [4.69, 9.17) is 11.6 Å². The fourth-order valence-corrected chi connectivity index (χ4v) is 2.57. The van der Waals surface area contributed by atoms with E-state index in [9.17, 15) is 4.79 Å². The van der Waals surface area contributed by atoms with Crippen LogP contribution in [0.5, 0.6) is 0 Å². The maximum atomic E-state index is 12.6. The molecule has 112 valence electrons. The highest BCUT2D eigenvalue weighted by molar-refractivity contribution is 6.31. The Labute approximate surface area is 128 Å². The van der Waals surface area contributed by atoms with Crippen molar-refractivity contribution < 1.29 is 4.79 Å². The van der Waals surface area contributed by atoms with Gasteiger partial charge in [0.05, 0.1) is 6.04 Å². The Hall–Kier alpha value is -0.860. The van der Waals surface area contributed by atoms with E-state index in [-0.39, 0.29) is 11.8 Å². The lowest BCUT2D eigenvalue weighted by atomic mass is 10.0. The molecule has 0 aromatic heterocycles. The second-order valence-corrected chi connectivity index (χ2v) is 6.73. The van der Waals surface area contributed by atoms with Gasteiger partial charge in [0.25, 0.3) is 0 Å². The van der Waals surface area contributed by atoms with E-state index in [1.54, 1.807) is 12.1 Å². The molecule has 0 fully saturated rings. The third-order valence-electron chi connectivity index (χ3n) is 3.24. The SMILES string of the molecule is CC(C)CN(CC(C)C)C(C)C(=O)c1cccc(Cl)c1. The molecule has 0 heterocycles. The van der Waals surface area contributed by atoms with Crippen LogP contribution in [0.15, 0.2) is 24.3 Å². The summed E-state index contributed by atoms with van der Waals surface area (Å²) < 4.78 is 0. The van der Waals surface area contributed by atoms with Gasteiger partial charge >= 0.3 is 0 Å². The van der Waals surface area contributed by atoms with Gasteiger partial charge in [-0.3, -0.25) is 9.69 Å². The summed E-state index contributed by atoms with van der Waals surface area (Å²) in [6.45, 7) is 12.6. The van der Waals surface area contributed by atoms with Crippen molar-refractivity contribution in [2.24, 2.45) is 11.8 Å². The molecule has 0 N–H and O–H groups in total. The molecule has 1 rings (SSSR count). The van der Waals surface area contributed by atoms with Gasteiger partial charge in [-0.2, -0.15) is 0 Å². The van der Waals surface area contributed by atoms with E-state index in [0.717, 1.165) is 13.1 Å². The molecule has 0 saturated heterocycles. The van der Waals surface area contributed by atoms with Crippen LogP contribution in [0.4, 0.5) is 0 Å². The molecular weight excluding hydrogens is 270 g/mol. The fourth-order valence-electron chi connectivity index (χ4n) is 2.38. The van der Waals surface area contributed by atoms with Gasteiger partial charge in [0.15, 0.2) is 5.78 Å². The number of carbonyl (C=O) groups excluding carboxylic acids is 1. The summed E-state index contributed by atoms with van der Waals surface area (Å²) in [5, 5.41) is 0.613. The molecule has 1 aromatic carbocycles. The Balaban J connectivity index is 2.87. The zero-order valence-electron chi connectivity index (χ0n) is 13.2. The number of hydrogen-bond donors (Lipinski definition) is 0. The fraction of sp³-hybridized carbons (Fsp3) is 0.588. The van der Waals surface area contributed by atoms with Gasteiger partial charge in [-0.1, -0.05) is 51.4 Å². The molecule has 0 amide bonds. The number of carbonyl (C=O) groups is 1. The molecule has 0 aliphatic rings. The first kappa shape index (κ1) is 17.2. The van der Waals surface area contributed by atoms with E-state index >= 15 is 0 Å². The average molecular weight is 296 g/mol. The first-order chi connectivity index (χ1) is 9.31. The second kappa shape index (κ2) is 7.80. The van der Waals surface area contributed by atoms with E-state index < -0.39 is 0 Å². The molecule has 0 spiro atoms. The lowest BCUT2D eigenvalue weighted by molar-refractivity contribution is 0.0801. The van der Waals surface area contributed by atoms with E-state index in [1.807, 2.05) is 19.1 Å². The van der Waals surface area contributed by atoms with Crippen LogP contribution in [0, 0.1) is 11.8 Å². The van der Waals surface area contributed by atoms with Crippen LogP contribution < -0.4 is 0 Å². The van der Waals surface area contributed by atoms with Crippen LogP contribution >= 0.6 is 11.6 Å². The minimum Gasteiger partial charge on any atom is -0.293 e. The van der Waals surface area contributed by atoms with Gasteiger partial charge in [-0.25, -0.2) is 0 Å². The van der Waals surface area contributed by atoms with Gasteiger partial charge < -0.3 is 0 Å². The summed E-state index contributed by atoms with van der Waals surface area (Å²) in [6.07, 6.45) is 0. The van der Waals surface area contributed by atoms with Crippen LogP contribution in [0.3, 0.4) is 0 Å². The quantitative estimate of drug-likeness (QED) is 0.689. The Kier molecular flexibility index (Phi) is 6.70. The summed E-state index contributed by atoms with van der Waals surface area (Å²) in [5.74, 6) is 1.24. The van der Waals surface area contributed by atoms with Gasteiger partial charge in [0.1, 0.15) is 0 Å². The van der Waals surface area contributed by atoms with Crippen molar-refractivity contribution in [3.63, 3.8) is 0 Å². The Morgan fingerprint density at radius 1 is 1.10 bits per heavy atom. The zero-order chi connectivity index (χ0) is 15.3. The predicted molar refractivity (Wildman–Crippen MR) is 86.5 cm³/mol. The molecule has 20 heavy (non-hydrogen) atoms. The number of Topliss-reactive ketones (excluding diaryl/α,β-unsaturated/α-hetero) is 1. The van der Waals surface area contributed by atoms with Crippen LogP contribution in [-0.2, 0) is 0 Å². The molecule has 0 saturated carbocycles. The molecule has 1 aromatic rings. The molecule has 1 unspecified atom stereocenters. The highest BCUT2D eigenvalue weighted by Gasteiger charge is 2.23. The summed E-state index contributed by atoms with van der Waals surface area (Å²) >= 11 is 5.98. The average Bonchev–Trinajstić information content (AvgIpc) is 2.35. The maximum Gasteiger partial charge on any atom is 0.179 e. The van der Waals surface area contributed by atoms with Crippen molar-refractivity contribution >= 4 is 17.4 Å². The minimum absolute atomic E-state index is 0.113. The van der Waals surface area contributed by atoms with Crippen LogP contribution in [0.2, 0.25) is 5.02 Å². The molecule has 0 radical (unpaired) electrons. The Morgan fingerprint density at radius 3 is 2.10 bits per heavy atom. The minimum atomic E-state index is -0.113. The first-order valence-corrected chi connectivity index (χ1v) is 7.73. The highest BCUT2D eigenvalue weighted by Crippen LogP contribution is 2.16. The van der Waals surface area contributed by atoms with Crippen LogP contribution in [-0.4, -0.2) is 29.8 Å². The molecule has 2 nitrogen and oxygen atoms in total. The van der Waals surface area contributed by atoms with Crippen molar-refractivity contribution in [1.82, 2.24) is 4.90 Å². The molecule has 0 aliphatic heterocycles. The summed E-state index contributed by atoms with van der Waals surface area (Å²) in [4.78, 5) is 14.9. The number of benzene rings is 1. The number of nitrogens with zero attached hydrogens (tertiary/aromatic N) is 1. The van der Waals surface area contributed by atoms with Gasteiger partial charge in [0.2, 0.25) is 0 Å². The lowest BCUT2D eigenvalue weighted by Gasteiger charge is -2.31. The summed E-state index contributed by atoms with van der Waals surface area (Å²) in [5.41, 5.74) is 0.697. The van der Waals surface area contributed by atoms with E-state index in [1.165, 1.54) is 0 Å². The Bertz CT molecular complexity index is 432. The number of rotatable bonds is 7. The molecule has 1 atom stereocenters. The predicted octanol–water partition coefficient (Wildman–Crippen LogP) is 4.53. The maximum absolute atomic E-state index is 12.6.